The molecule has 2 N–H and O–H groups in total. The molecule has 1 saturated heterocycles. The molecular formula is C13H24N6. The number of hydrogen-bond donors (Lipinski definition) is 2. The number of hydrogen-bond acceptors (Lipinski definition) is 6. The van der Waals surface area contributed by atoms with Crippen molar-refractivity contribution < 1.29 is 0 Å². The van der Waals surface area contributed by atoms with Crippen LogP contribution >= 0.6 is 0 Å². The number of piperazine rings is 1. The highest BCUT2D eigenvalue weighted by molar-refractivity contribution is 5.48. The molecule has 6 nitrogen and oxygen atoms in total. The molecule has 0 saturated carbocycles. The minimum absolute atomic E-state index is 0.919. The minimum atomic E-state index is 0.919. The van der Waals surface area contributed by atoms with E-state index >= 15 is 0 Å². The van der Waals surface area contributed by atoms with Crippen molar-refractivity contribution in [2.24, 2.45) is 0 Å². The van der Waals surface area contributed by atoms with Gasteiger partial charge in [0.1, 0.15) is 18.0 Å². The lowest BCUT2D eigenvalue weighted by Gasteiger charge is -2.28. The van der Waals surface area contributed by atoms with Crippen LogP contribution in [0.3, 0.4) is 0 Å². The molecule has 106 valence electrons. The van der Waals surface area contributed by atoms with Crippen molar-refractivity contribution in [1.82, 2.24) is 20.2 Å². The van der Waals surface area contributed by atoms with E-state index in [4.69, 9.17) is 0 Å². The fourth-order valence-electron chi connectivity index (χ4n) is 2.12. The monoisotopic (exact) mass is 264 g/mol. The van der Waals surface area contributed by atoms with Crippen molar-refractivity contribution in [3.8, 4) is 0 Å². The molecule has 1 aliphatic rings. The van der Waals surface area contributed by atoms with Gasteiger partial charge in [-0.2, -0.15) is 0 Å². The van der Waals surface area contributed by atoms with Gasteiger partial charge < -0.3 is 20.4 Å². The smallest absolute Gasteiger partial charge is 0.134 e. The van der Waals surface area contributed by atoms with Crippen LogP contribution in [0.2, 0.25) is 0 Å². The first-order chi connectivity index (χ1) is 9.25. The van der Waals surface area contributed by atoms with E-state index in [9.17, 15) is 0 Å². The van der Waals surface area contributed by atoms with E-state index in [0.717, 1.165) is 57.3 Å². The van der Waals surface area contributed by atoms with Crippen LogP contribution in [0, 0.1) is 0 Å². The van der Waals surface area contributed by atoms with E-state index in [1.54, 1.807) is 6.33 Å². The van der Waals surface area contributed by atoms with E-state index in [1.807, 2.05) is 6.07 Å². The summed E-state index contributed by atoms with van der Waals surface area (Å²) >= 11 is 0. The first kappa shape index (κ1) is 14.0. The number of anilines is 2. The van der Waals surface area contributed by atoms with Gasteiger partial charge in [-0.1, -0.05) is 0 Å². The molecule has 0 aromatic carbocycles. The summed E-state index contributed by atoms with van der Waals surface area (Å²) < 4.78 is 0. The first-order valence-electron chi connectivity index (χ1n) is 6.92. The quantitative estimate of drug-likeness (QED) is 0.718. The van der Waals surface area contributed by atoms with E-state index < -0.39 is 0 Å². The summed E-state index contributed by atoms with van der Waals surface area (Å²) in [6.07, 6.45) is 2.76. The number of nitrogens with one attached hydrogen (secondary N) is 2. The van der Waals surface area contributed by atoms with E-state index in [-0.39, 0.29) is 0 Å². The maximum absolute atomic E-state index is 4.36. The molecule has 19 heavy (non-hydrogen) atoms. The Kier molecular flexibility index (Phi) is 5.35. The van der Waals surface area contributed by atoms with E-state index in [0.29, 0.717) is 0 Å². The molecule has 2 heterocycles. The molecule has 6 heteroatoms. The molecule has 0 amide bonds. The minimum Gasteiger partial charge on any atom is -0.370 e. The molecule has 0 unspecified atom stereocenters. The maximum Gasteiger partial charge on any atom is 0.134 e. The maximum atomic E-state index is 4.36. The summed E-state index contributed by atoms with van der Waals surface area (Å²) in [6, 6.07) is 2.04. The van der Waals surface area contributed by atoms with Crippen molar-refractivity contribution in [1.29, 1.82) is 0 Å². The van der Waals surface area contributed by atoms with Gasteiger partial charge in [0.25, 0.3) is 0 Å². The van der Waals surface area contributed by atoms with Crippen LogP contribution < -0.4 is 15.5 Å². The number of nitrogens with zero attached hydrogens (tertiary/aromatic N) is 4. The van der Waals surface area contributed by atoms with Gasteiger partial charge in [-0.3, -0.25) is 0 Å². The third-order valence-corrected chi connectivity index (χ3v) is 3.18. The Balaban J connectivity index is 1.84. The fraction of sp³-hybridized carbons (Fsp3) is 0.692. The lowest BCUT2D eigenvalue weighted by Crippen LogP contribution is -2.43. The largest absolute Gasteiger partial charge is 0.370 e. The highest BCUT2D eigenvalue weighted by Crippen LogP contribution is 2.14. The average Bonchev–Trinajstić information content (AvgIpc) is 2.45. The molecule has 0 radical (unpaired) electrons. The summed E-state index contributed by atoms with van der Waals surface area (Å²) in [5, 5.41) is 6.71. The molecule has 0 aliphatic carbocycles. The van der Waals surface area contributed by atoms with Gasteiger partial charge in [0.05, 0.1) is 0 Å². The second kappa shape index (κ2) is 7.25. The van der Waals surface area contributed by atoms with Crippen LogP contribution in [0.4, 0.5) is 11.6 Å². The van der Waals surface area contributed by atoms with Gasteiger partial charge in [-0.15, -0.1) is 0 Å². The molecule has 1 aliphatic heterocycles. The molecule has 1 aromatic heterocycles. The first-order valence-corrected chi connectivity index (χ1v) is 6.92. The Morgan fingerprint density at radius 1 is 1.32 bits per heavy atom. The van der Waals surface area contributed by atoms with E-state index in [1.165, 1.54) is 0 Å². The lowest BCUT2D eigenvalue weighted by atomic mass is 10.3. The Bertz CT molecular complexity index is 375. The van der Waals surface area contributed by atoms with Gasteiger partial charge in [0.2, 0.25) is 0 Å². The number of rotatable bonds is 6. The molecule has 1 fully saturated rings. The summed E-state index contributed by atoms with van der Waals surface area (Å²) in [6.45, 7) is 6.10. The second-order valence-corrected chi connectivity index (χ2v) is 5.08. The molecular weight excluding hydrogens is 240 g/mol. The van der Waals surface area contributed by atoms with Crippen LogP contribution in [0.15, 0.2) is 12.4 Å². The summed E-state index contributed by atoms with van der Waals surface area (Å²) in [5.41, 5.74) is 0. The Labute approximate surface area is 115 Å². The van der Waals surface area contributed by atoms with Crippen molar-refractivity contribution in [2.75, 3.05) is 63.6 Å². The fourth-order valence-corrected chi connectivity index (χ4v) is 2.12. The highest BCUT2D eigenvalue weighted by Gasteiger charge is 2.11. The highest BCUT2D eigenvalue weighted by atomic mass is 15.2. The van der Waals surface area contributed by atoms with Crippen LogP contribution in [-0.4, -0.2) is 68.2 Å². The molecule has 0 spiro atoms. The summed E-state index contributed by atoms with van der Waals surface area (Å²) in [5.74, 6) is 1.94. The predicted octanol–water partition coefficient (Wildman–Crippen LogP) is 0.250. The normalized spacial score (nSPS) is 15.8. The van der Waals surface area contributed by atoms with Gasteiger partial charge in [-0.25, -0.2) is 9.97 Å². The topological polar surface area (TPSA) is 56.3 Å². The van der Waals surface area contributed by atoms with Crippen LogP contribution in [0.25, 0.3) is 0 Å². The molecule has 2 rings (SSSR count). The van der Waals surface area contributed by atoms with Crippen molar-refractivity contribution in [3.05, 3.63) is 12.4 Å². The molecule has 0 bridgehead atoms. The van der Waals surface area contributed by atoms with Gasteiger partial charge in [-0.05, 0) is 27.1 Å². The van der Waals surface area contributed by atoms with Crippen LogP contribution in [-0.2, 0) is 0 Å². The second-order valence-electron chi connectivity index (χ2n) is 5.08. The predicted molar refractivity (Wildman–Crippen MR) is 78.8 cm³/mol. The zero-order valence-corrected chi connectivity index (χ0v) is 11.9. The van der Waals surface area contributed by atoms with E-state index in [2.05, 4.69) is 44.5 Å². The number of aromatic nitrogens is 2. The zero-order chi connectivity index (χ0) is 13.5. The molecule has 0 atom stereocenters. The van der Waals surface area contributed by atoms with Crippen LogP contribution in [0.1, 0.15) is 6.42 Å². The third-order valence-electron chi connectivity index (χ3n) is 3.18. The van der Waals surface area contributed by atoms with Crippen molar-refractivity contribution in [2.45, 2.75) is 6.42 Å². The average molecular weight is 264 g/mol. The Morgan fingerprint density at radius 2 is 2.11 bits per heavy atom. The lowest BCUT2D eigenvalue weighted by molar-refractivity contribution is 0.405. The summed E-state index contributed by atoms with van der Waals surface area (Å²) in [7, 11) is 4.18. The summed E-state index contributed by atoms with van der Waals surface area (Å²) in [4.78, 5) is 13.1. The third kappa shape index (κ3) is 4.65. The van der Waals surface area contributed by atoms with Crippen molar-refractivity contribution in [3.63, 3.8) is 0 Å². The SMILES string of the molecule is CN(C)CCCNc1cc(N2CCNCC2)ncn1. The zero-order valence-electron chi connectivity index (χ0n) is 11.9. The standard InChI is InChI=1S/C13H24N6/c1-18(2)7-3-4-15-12-10-13(17-11-16-12)19-8-5-14-6-9-19/h10-11,14H,3-9H2,1-2H3,(H,15,16,17). The Morgan fingerprint density at radius 3 is 2.84 bits per heavy atom. The Hall–Kier alpha value is -1.40. The van der Waals surface area contributed by atoms with Crippen LogP contribution in [0.5, 0.6) is 0 Å². The van der Waals surface area contributed by atoms with Gasteiger partial charge >= 0.3 is 0 Å². The van der Waals surface area contributed by atoms with Crippen molar-refractivity contribution >= 4 is 11.6 Å². The molecule has 1 aromatic rings. The van der Waals surface area contributed by atoms with Gasteiger partial charge in [0.15, 0.2) is 0 Å². The van der Waals surface area contributed by atoms with Gasteiger partial charge in [0, 0.05) is 38.8 Å².